The van der Waals surface area contributed by atoms with E-state index in [-0.39, 0.29) is 25.4 Å². The number of carbonyl (C=O) groups excluding carboxylic acids is 3. The maximum absolute atomic E-state index is 12.4. The van der Waals surface area contributed by atoms with Gasteiger partial charge in [-0.3, -0.25) is 24.0 Å². The maximum Gasteiger partial charge on any atom is 0.309 e. The number of hydrogen-bond donors (Lipinski definition) is 1. The van der Waals surface area contributed by atoms with Crippen LogP contribution in [0.3, 0.4) is 0 Å². The van der Waals surface area contributed by atoms with Crippen molar-refractivity contribution >= 4 is 23.8 Å². The highest BCUT2D eigenvalue weighted by atomic mass is 16.7. The van der Waals surface area contributed by atoms with Gasteiger partial charge < -0.3 is 14.6 Å². The first-order chi connectivity index (χ1) is 17.6. The molecule has 1 N–H and O–H groups in total. The molecule has 37 heavy (non-hydrogen) atoms. The van der Waals surface area contributed by atoms with Crippen molar-refractivity contribution in [3.8, 4) is 0 Å². The predicted molar refractivity (Wildman–Crippen MR) is 137 cm³/mol. The first-order valence-electron chi connectivity index (χ1n) is 11.7. The van der Waals surface area contributed by atoms with Crippen molar-refractivity contribution < 1.29 is 38.6 Å². The molecule has 2 rings (SSSR count). The van der Waals surface area contributed by atoms with Crippen LogP contribution in [-0.4, -0.2) is 54.7 Å². The zero-order valence-electron chi connectivity index (χ0n) is 21.7. The Balaban J connectivity index is 0.000000482. The van der Waals surface area contributed by atoms with E-state index in [1.54, 1.807) is 6.92 Å². The van der Waals surface area contributed by atoms with Crippen LogP contribution in [0.1, 0.15) is 43.9 Å². The van der Waals surface area contributed by atoms with Gasteiger partial charge in [0.05, 0.1) is 25.9 Å². The van der Waals surface area contributed by atoms with Crippen LogP contribution in [0.2, 0.25) is 0 Å². The highest BCUT2D eigenvalue weighted by Crippen LogP contribution is 2.27. The molecule has 0 aliphatic carbocycles. The average Bonchev–Trinajstić information content (AvgIpc) is 2.90. The van der Waals surface area contributed by atoms with Crippen LogP contribution in [0.4, 0.5) is 0 Å². The summed E-state index contributed by atoms with van der Waals surface area (Å²) in [6.07, 6.45) is 0.724. The van der Waals surface area contributed by atoms with E-state index in [1.165, 1.54) is 27.2 Å². The minimum Gasteiger partial charge on any atom is -0.481 e. The minimum atomic E-state index is -1.00. The van der Waals surface area contributed by atoms with Crippen molar-refractivity contribution in [1.82, 2.24) is 5.06 Å². The Hall–Kier alpha value is -3.98. The van der Waals surface area contributed by atoms with Gasteiger partial charge in [-0.15, -0.1) is 0 Å². The molecule has 9 nitrogen and oxygen atoms in total. The third-order valence-electron chi connectivity index (χ3n) is 5.16. The Bertz CT molecular complexity index is 970. The van der Waals surface area contributed by atoms with E-state index >= 15 is 0 Å². The smallest absolute Gasteiger partial charge is 0.309 e. The third-order valence-corrected chi connectivity index (χ3v) is 5.16. The second-order valence-electron chi connectivity index (χ2n) is 8.23. The van der Waals surface area contributed by atoms with E-state index in [9.17, 15) is 19.2 Å². The second kappa shape index (κ2) is 16.6. The average molecular weight is 514 g/mol. The zero-order chi connectivity index (χ0) is 27.8. The minimum absolute atomic E-state index is 0.0112. The van der Waals surface area contributed by atoms with E-state index in [0.29, 0.717) is 0 Å². The molecular weight excluding hydrogens is 478 g/mol. The van der Waals surface area contributed by atoms with E-state index in [0.717, 1.165) is 16.2 Å². The Kier molecular flexibility index (Phi) is 14.0. The molecule has 2 aromatic carbocycles. The number of aliphatic carboxylic acids is 1. The van der Waals surface area contributed by atoms with Crippen molar-refractivity contribution in [1.29, 1.82) is 0 Å². The van der Waals surface area contributed by atoms with Gasteiger partial charge in [-0.1, -0.05) is 87.2 Å². The Morgan fingerprint density at radius 1 is 0.919 bits per heavy atom. The summed E-state index contributed by atoms with van der Waals surface area (Å²) in [5, 5.41) is 9.45. The molecule has 0 fully saturated rings. The van der Waals surface area contributed by atoms with Gasteiger partial charge in [0.15, 0.2) is 6.10 Å². The van der Waals surface area contributed by atoms with E-state index in [2.05, 4.69) is 11.3 Å². The van der Waals surface area contributed by atoms with Crippen LogP contribution in [0.5, 0.6) is 0 Å². The molecule has 0 aromatic heterocycles. The first-order valence-corrected chi connectivity index (χ1v) is 11.7. The number of ether oxygens (including phenoxy) is 2. The molecule has 0 aliphatic rings. The van der Waals surface area contributed by atoms with Crippen LogP contribution < -0.4 is 0 Å². The summed E-state index contributed by atoms with van der Waals surface area (Å²) in [7, 11) is 2.92. The fourth-order valence-corrected chi connectivity index (χ4v) is 3.13. The molecule has 1 amide bonds. The molecule has 0 spiro atoms. The fourth-order valence-electron chi connectivity index (χ4n) is 3.13. The van der Waals surface area contributed by atoms with Crippen molar-refractivity contribution in [2.24, 2.45) is 11.8 Å². The molecule has 0 saturated carbocycles. The standard InChI is InChI=1S/C20H23NO4.C8H12O4/c1-15(20(23)21(2)24-3)14-18(22)25-19(16-10-6-4-7-11-16)17-12-8-5-9-13-17;1-3-4-12-8(11)6(2)5-7(9)10/h4-13,15,19H,14H2,1-3H3;3,6H,1,4-5H2,2H3,(H,9,10). The van der Waals surface area contributed by atoms with Gasteiger partial charge in [-0.05, 0) is 11.1 Å². The largest absolute Gasteiger partial charge is 0.481 e. The molecule has 0 aliphatic heterocycles. The number of benzene rings is 2. The zero-order valence-corrected chi connectivity index (χ0v) is 21.7. The Labute approximate surface area is 217 Å². The highest BCUT2D eigenvalue weighted by molar-refractivity contribution is 5.82. The number of rotatable bonds is 12. The van der Waals surface area contributed by atoms with Gasteiger partial charge in [0, 0.05) is 13.0 Å². The monoisotopic (exact) mass is 513 g/mol. The molecule has 0 saturated heterocycles. The van der Waals surface area contributed by atoms with Crippen LogP contribution in [0.25, 0.3) is 0 Å². The lowest BCUT2D eigenvalue weighted by Gasteiger charge is -2.21. The summed E-state index contributed by atoms with van der Waals surface area (Å²) >= 11 is 0. The second-order valence-corrected chi connectivity index (χ2v) is 8.23. The normalized spacial score (nSPS) is 11.8. The van der Waals surface area contributed by atoms with Crippen molar-refractivity contribution in [2.75, 3.05) is 20.8 Å². The third kappa shape index (κ3) is 11.5. The molecule has 2 atom stereocenters. The SMILES string of the molecule is C=CCOC(=O)C(C)CC(=O)O.CON(C)C(=O)C(C)CC(=O)OC(c1ccccc1)c1ccccc1. The van der Waals surface area contributed by atoms with Gasteiger partial charge >= 0.3 is 17.9 Å². The number of carboxylic acid groups (broad SMARTS) is 1. The number of carboxylic acids is 1. The number of nitrogens with zero attached hydrogens (tertiary/aromatic N) is 1. The predicted octanol–water partition coefficient (Wildman–Crippen LogP) is 4.19. The summed E-state index contributed by atoms with van der Waals surface area (Å²) in [5.41, 5.74) is 1.77. The van der Waals surface area contributed by atoms with Crippen LogP contribution in [0.15, 0.2) is 73.3 Å². The van der Waals surface area contributed by atoms with Crippen LogP contribution >= 0.6 is 0 Å². The number of hydroxylamine groups is 2. The topological polar surface area (TPSA) is 119 Å². The van der Waals surface area contributed by atoms with Gasteiger partial charge in [0.25, 0.3) is 0 Å². The van der Waals surface area contributed by atoms with E-state index in [4.69, 9.17) is 14.7 Å². The summed E-state index contributed by atoms with van der Waals surface area (Å²) in [6, 6.07) is 19.1. The molecule has 0 radical (unpaired) electrons. The lowest BCUT2D eigenvalue weighted by Crippen LogP contribution is -2.32. The van der Waals surface area contributed by atoms with E-state index < -0.39 is 35.8 Å². The summed E-state index contributed by atoms with van der Waals surface area (Å²) < 4.78 is 10.3. The number of esters is 2. The van der Waals surface area contributed by atoms with Crippen molar-refractivity contribution in [3.05, 3.63) is 84.4 Å². The summed E-state index contributed by atoms with van der Waals surface area (Å²) in [5.74, 6) is -3.32. The van der Waals surface area contributed by atoms with Gasteiger partial charge in [0.1, 0.15) is 6.61 Å². The van der Waals surface area contributed by atoms with Crippen LogP contribution in [-0.2, 0) is 33.5 Å². The molecule has 2 aromatic rings. The molecular formula is C28H35NO8. The lowest BCUT2D eigenvalue weighted by atomic mass is 10.0. The Morgan fingerprint density at radius 2 is 1.43 bits per heavy atom. The quantitative estimate of drug-likeness (QED) is 0.255. The molecule has 2 unspecified atom stereocenters. The van der Waals surface area contributed by atoms with Crippen molar-refractivity contribution in [3.63, 3.8) is 0 Å². The summed E-state index contributed by atoms with van der Waals surface area (Å²) in [6.45, 7) is 6.68. The lowest BCUT2D eigenvalue weighted by molar-refractivity contribution is -0.175. The van der Waals surface area contributed by atoms with E-state index in [1.807, 2.05) is 60.7 Å². The van der Waals surface area contributed by atoms with Crippen LogP contribution in [0, 0.1) is 11.8 Å². The number of hydrogen-bond acceptors (Lipinski definition) is 7. The fraction of sp³-hybridized carbons (Fsp3) is 0.357. The van der Waals surface area contributed by atoms with Gasteiger partial charge in [-0.25, -0.2) is 5.06 Å². The number of amides is 1. The van der Waals surface area contributed by atoms with Crippen molar-refractivity contribution in [2.45, 2.75) is 32.8 Å². The summed E-state index contributed by atoms with van der Waals surface area (Å²) in [4.78, 5) is 50.4. The molecule has 0 heterocycles. The molecule has 0 bridgehead atoms. The highest BCUT2D eigenvalue weighted by Gasteiger charge is 2.25. The first kappa shape index (κ1) is 31.1. The number of carbonyl (C=O) groups is 4. The van der Waals surface area contributed by atoms with Gasteiger partial charge in [0.2, 0.25) is 5.91 Å². The molecule has 200 valence electrons. The maximum atomic E-state index is 12.4. The Morgan fingerprint density at radius 3 is 1.86 bits per heavy atom. The van der Waals surface area contributed by atoms with Gasteiger partial charge in [-0.2, -0.15) is 0 Å². The molecule has 9 heteroatoms.